The maximum absolute atomic E-state index is 12.7. The van der Waals surface area contributed by atoms with E-state index in [-0.39, 0.29) is 11.4 Å². The van der Waals surface area contributed by atoms with Crippen LogP contribution in [0.4, 0.5) is 4.39 Å². The molecule has 3 nitrogen and oxygen atoms in total. The summed E-state index contributed by atoms with van der Waals surface area (Å²) in [6.45, 7) is -0.506. The molecule has 1 saturated carbocycles. The minimum Gasteiger partial charge on any atom is -0.351 e. The molecule has 0 atom stereocenters. The average molecular weight is 308 g/mol. The molecule has 4 heteroatoms. The van der Waals surface area contributed by atoms with Crippen LogP contribution >= 0.6 is 0 Å². The van der Waals surface area contributed by atoms with Gasteiger partial charge in [0.05, 0.1) is 5.54 Å². The van der Waals surface area contributed by atoms with Crippen LogP contribution in [0.3, 0.4) is 0 Å². The van der Waals surface area contributed by atoms with Gasteiger partial charge in [0.15, 0.2) is 0 Å². The molecule has 3 aromatic rings. The summed E-state index contributed by atoms with van der Waals surface area (Å²) < 4.78 is 12.7. The molecule has 4 rings (SSSR count). The number of amides is 1. The van der Waals surface area contributed by atoms with Crippen LogP contribution in [0.15, 0.2) is 54.6 Å². The molecule has 1 fully saturated rings. The summed E-state index contributed by atoms with van der Waals surface area (Å²) in [4.78, 5) is 15.7. The standard InChI is InChI=1S/C19H17FN2O/c20-12-13-6-7-14-11-17(21-16(14)10-13)18(23)22-19(8-9-19)15-4-2-1-3-5-15/h1-7,10-11,21H,8-9,12H2,(H,22,23). The monoisotopic (exact) mass is 308 g/mol. The lowest BCUT2D eigenvalue weighted by molar-refractivity contribution is 0.0926. The smallest absolute Gasteiger partial charge is 0.268 e. The van der Waals surface area contributed by atoms with Gasteiger partial charge in [0.1, 0.15) is 12.4 Å². The first-order chi connectivity index (χ1) is 11.2. The van der Waals surface area contributed by atoms with Crippen LogP contribution in [0.1, 0.15) is 34.5 Å². The molecule has 0 radical (unpaired) electrons. The van der Waals surface area contributed by atoms with Gasteiger partial charge in [0.2, 0.25) is 0 Å². The van der Waals surface area contributed by atoms with E-state index < -0.39 is 6.67 Å². The van der Waals surface area contributed by atoms with E-state index in [9.17, 15) is 9.18 Å². The largest absolute Gasteiger partial charge is 0.351 e. The number of aromatic nitrogens is 1. The molecular weight excluding hydrogens is 291 g/mol. The summed E-state index contributed by atoms with van der Waals surface area (Å²) in [5.41, 5.74) is 2.81. The number of alkyl halides is 1. The minimum absolute atomic E-state index is 0.121. The predicted octanol–water partition coefficient (Wildman–Crippen LogP) is 4.06. The summed E-state index contributed by atoms with van der Waals surface area (Å²) in [6.07, 6.45) is 1.91. The van der Waals surface area contributed by atoms with E-state index in [0.717, 1.165) is 29.3 Å². The van der Waals surface area contributed by atoms with E-state index >= 15 is 0 Å². The number of carbonyl (C=O) groups is 1. The highest BCUT2D eigenvalue weighted by Gasteiger charge is 2.45. The van der Waals surface area contributed by atoms with Crippen molar-refractivity contribution in [2.24, 2.45) is 0 Å². The second kappa shape index (κ2) is 5.23. The Kier molecular flexibility index (Phi) is 3.18. The molecule has 2 aromatic carbocycles. The van der Waals surface area contributed by atoms with E-state index in [1.807, 2.05) is 42.5 Å². The Morgan fingerprint density at radius 3 is 2.61 bits per heavy atom. The first-order valence-electron chi connectivity index (χ1n) is 7.76. The summed E-state index contributed by atoms with van der Waals surface area (Å²) >= 11 is 0. The molecule has 116 valence electrons. The summed E-state index contributed by atoms with van der Waals surface area (Å²) in [5.74, 6) is -0.121. The quantitative estimate of drug-likeness (QED) is 0.750. The zero-order valence-corrected chi connectivity index (χ0v) is 12.6. The van der Waals surface area contributed by atoms with Gasteiger partial charge in [-0.05, 0) is 36.1 Å². The maximum Gasteiger partial charge on any atom is 0.268 e. The van der Waals surface area contributed by atoms with Crippen molar-refractivity contribution in [2.45, 2.75) is 25.1 Å². The Morgan fingerprint density at radius 1 is 1.13 bits per heavy atom. The van der Waals surface area contributed by atoms with Crippen LogP contribution < -0.4 is 5.32 Å². The van der Waals surface area contributed by atoms with E-state index in [0.29, 0.717) is 11.3 Å². The first-order valence-corrected chi connectivity index (χ1v) is 7.76. The number of rotatable bonds is 4. The number of fused-ring (bicyclic) bond motifs is 1. The summed E-state index contributed by atoms with van der Waals surface area (Å²) in [7, 11) is 0. The Balaban J connectivity index is 1.60. The number of carbonyl (C=O) groups excluding carboxylic acids is 1. The fourth-order valence-corrected chi connectivity index (χ4v) is 3.03. The minimum atomic E-state index is -0.506. The molecule has 23 heavy (non-hydrogen) atoms. The van der Waals surface area contributed by atoms with Crippen molar-refractivity contribution in [3.63, 3.8) is 0 Å². The molecule has 1 aliphatic carbocycles. The van der Waals surface area contributed by atoms with Crippen LogP contribution in [0.5, 0.6) is 0 Å². The molecule has 0 aliphatic heterocycles. The van der Waals surface area contributed by atoms with Crippen LogP contribution in [-0.4, -0.2) is 10.9 Å². The summed E-state index contributed by atoms with van der Waals surface area (Å²) in [5, 5.41) is 4.06. The van der Waals surface area contributed by atoms with Gasteiger partial charge < -0.3 is 10.3 Å². The number of nitrogens with one attached hydrogen (secondary N) is 2. The van der Waals surface area contributed by atoms with Crippen LogP contribution in [0.2, 0.25) is 0 Å². The molecule has 0 bridgehead atoms. The van der Waals surface area contributed by atoms with E-state index in [2.05, 4.69) is 10.3 Å². The third-order valence-corrected chi connectivity index (χ3v) is 4.51. The third kappa shape index (κ3) is 2.50. The average Bonchev–Trinajstić information content (AvgIpc) is 3.24. The number of hydrogen-bond donors (Lipinski definition) is 2. The molecule has 1 heterocycles. The maximum atomic E-state index is 12.7. The molecule has 1 aromatic heterocycles. The highest BCUT2D eigenvalue weighted by Crippen LogP contribution is 2.45. The SMILES string of the molecule is O=C(NC1(c2ccccc2)CC1)c1cc2ccc(CF)cc2[nH]1. The number of aromatic amines is 1. The van der Waals surface area contributed by atoms with Gasteiger partial charge in [-0.1, -0.05) is 42.5 Å². The normalized spacial score (nSPS) is 15.5. The van der Waals surface area contributed by atoms with Crippen molar-refractivity contribution in [3.05, 3.63) is 71.4 Å². The fraction of sp³-hybridized carbons (Fsp3) is 0.211. The third-order valence-electron chi connectivity index (χ3n) is 4.51. The van der Waals surface area contributed by atoms with Gasteiger partial charge in [0, 0.05) is 10.9 Å². The molecule has 1 aliphatic rings. The lowest BCUT2D eigenvalue weighted by Gasteiger charge is -2.17. The number of hydrogen-bond acceptors (Lipinski definition) is 1. The number of H-pyrrole nitrogens is 1. The van der Waals surface area contributed by atoms with Crippen molar-refractivity contribution >= 4 is 16.8 Å². The Morgan fingerprint density at radius 2 is 1.91 bits per heavy atom. The van der Waals surface area contributed by atoms with E-state index in [4.69, 9.17) is 0 Å². The number of halogens is 1. The summed E-state index contributed by atoms with van der Waals surface area (Å²) in [6, 6.07) is 17.2. The second-order valence-electron chi connectivity index (χ2n) is 6.14. The first kappa shape index (κ1) is 14.0. The molecule has 2 N–H and O–H groups in total. The fourth-order valence-electron chi connectivity index (χ4n) is 3.03. The predicted molar refractivity (Wildman–Crippen MR) is 87.9 cm³/mol. The van der Waals surface area contributed by atoms with Gasteiger partial charge in [-0.2, -0.15) is 0 Å². The zero-order valence-electron chi connectivity index (χ0n) is 12.6. The van der Waals surface area contributed by atoms with Crippen LogP contribution in [0, 0.1) is 0 Å². The molecule has 0 unspecified atom stereocenters. The van der Waals surface area contributed by atoms with Gasteiger partial charge >= 0.3 is 0 Å². The highest BCUT2D eigenvalue weighted by molar-refractivity contribution is 5.98. The van der Waals surface area contributed by atoms with Gasteiger partial charge in [-0.25, -0.2) is 4.39 Å². The van der Waals surface area contributed by atoms with Crippen molar-refractivity contribution in [2.75, 3.05) is 0 Å². The van der Waals surface area contributed by atoms with Crippen molar-refractivity contribution < 1.29 is 9.18 Å². The van der Waals surface area contributed by atoms with Gasteiger partial charge in [0.25, 0.3) is 5.91 Å². The van der Waals surface area contributed by atoms with E-state index in [1.165, 1.54) is 0 Å². The lowest BCUT2D eigenvalue weighted by Crippen LogP contribution is -2.34. The van der Waals surface area contributed by atoms with Crippen molar-refractivity contribution in [1.29, 1.82) is 0 Å². The second-order valence-corrected chi connectivity index (χ2v) is 6.14. The molecule has 1 amide bonds. The topological polar surface area (TPSA) is 44.9 Å². The van der Waals surface area contributed by atoms with Crippen LogP contribution in [-0.2, 0) is 12.2 Å². The van der Waals surface area contributed by atoms with Crippen molar-refractivity contribution in [3.8, 4) is 0 Å². The Hall–Kier alpha value is -2.62. The number of benzene rings is 2. The van der Waals surface area contributed by atoms with Crippen molar-refractivity contribution in [1.82, 2.24) is 10.3 Å². The zero-order chi connectivity index (χ0) is 15.9. The molecule has 0 saturated heterocycles. The molecular formula is C19H17FN2O. The lowest BCUT2D eigenvalue weighted by atomic mass is 10.0. The van der Waals surface area contributed by atoms with Crippen LogP contribution in [0.25, 0.3) is 10.9 Å². The Bertz CT molecular complexity index is 865. The van der Waals surface area contributed by atoms with Gasteiger partial charge in [-0.15, -0.1) is 0 Å². The van der Waals surface area contributed by atoms with Gasteiger partial charge in [-0.3, -0.25) is 4.79 Å². The van der Waals surface area contributed by atoms with E-state index in [1.54, 1.807) is 12.1 Å². The Labute approximate surface area is 133 Å². The highest BCUT2D eigenvalue weighted by atomic mass is 19.1. The molecule has 0 spiro atoms.